The predicted octanol–water partition coefficient (Wildman–Crippen LogP) is 5.58. The Labute approximate surface area is 288 Å². The molecular formula is C38H49N3O6S. The highest BCUT2D eigenvalue weighted by atomic mass is 32.2. The van der Waals surface area contributed by atoms with Gasteiger partial charge >= 0.3 is 0 Å². The molecule has 3 aliphatic heterocycles. The second kappa shape index (κ2) is 14.8. The summed E-state index contributed by atoms with van der Waals surface area (Å²) in [4.78, 5) is 49.9. The number of rotatable bonds is 15. The number of hydrogen-bond acceptors (Lipinski definition) is 7. The highest BCUT2D eigenvalue weighted by molar-refractivity contribution is 8.02. The highest BCUT2D eigenvalue weighted by Gasteiger charge is 2.77. The summed E-state index contributed by atoms with van der Waals surface area (Å²) in [5, 5.41) is 10.7. The molecule has 1 N–H and O–H groups in total. The van der Waals surface area contributed by atoms with Gasteiger partial charge in [-0.2, -0.15) is 0 Å². The van der Waals surface area contributed by atoms with Crippen molar-refractivity contribution in [2.24, 2.45) is 23.7 Å². The molecule has 48 heavy (non-hydrogen) atoms. The smallest absolute Gasteiger partial charge is 0.251 e. The van der Waals surface area contributed by atoms with E-state index >= 15 is 4.79 Å². The van der Waals surface area contributed by atoms with Gasteiger partial charge in [0, 0.05) is 29.7 Å². The normalized spacial score (nSPS) is 26.8. The number of nitrogens with zero attached hydrogens (tertiary/aromatic N) is 3. The van der Waals surface area contributed by atoms with E-state index in [0.29, 0.717) is 42.3 Å². The van der Waals surface area contributed by atoms with Gasteiger partial charge in [0.1, 0.15) is 17.5 Å². The quantitative estimate of drug-likeness (QED) is 0.246. The van der Waals surface area contributed by atoms with Crippen LogP contribution in [0.5, 0.6) is 11.5 Å². The average Bonchev–Trinajstić information content (AvgIpc) is 3.70. The Kier molecular flexibility index (Phi) is 10.9. The van der Waals surface area contributed by atoms with Crippen molar-refractivity contribution in [1.29, 1.82) is 0 Å². The number of carbonyl (C=O) groups excluding carboxylic acids is 3. The Morgan fingerprint density at radius 2 is 1.58 bits per heavy atom. The lowest BCUT2D eigenvalue weighted by atomic mass is 9.65. The minimum atomic E-state index is -0.885. The molecule has 2 aromatic rings. The van der Waals surface area contributed by atoms with Crippen LogP contribution in [0.2, 0.25) is 0 Å². The van der Waals surface area contributed by atoms with Gasteiger partial charge in [-0.3, -0.25) is 14.4 Å². The van der Waals surface area contributed by atoms with Crippen molar-refractivity contribution in [2.75, 3.05) is 43.2 Å². The van der Waals surface area contributed by atoms with E-state index in [-0.39, 0.29) is 54.5 Å². The van der Waals surface area contributed by atoms with E-state index in [2.05, 4.69) is 20.1 Å². The molecule has 3 heterocycles. The lowest BCUT2D eigenvalue weighted by Gasteiger charge is -2.43. The largest absolute Gasteiger partial charge is 0.497 e. The van der Waals surface area contributed by atoms with Gasteiger partial charge in [0.15, 0.2) is 0 Å². The fraction of sp³-hybridized carbons (Fsp3) is 0.500. The molecule has 3 unspecified atom stereocenters. The second-order valence-corrected chi connectivity index (χ2v) is 14.6. The topological polar surface area (TPSA) is 99.6 Å². The van der Waals surface area contributed by atoms with Crippen molar-refractivity contribution in [1.82, 2.24) is 4.90 Å². The Balaban J connectivity index is 1.61. The van der Waals surface area contributed by atoms with Crippen molar-refractivity contribution >= 4 is 40.9 Å². The van der Waals surface area contributed by atoms with Crippen molar-refractivity contribution in [3.8, 4) is 11.5 Å². The van der Waals surface area contributed by atoms with E-state index in [4.69, 9.17) is 9.47 Å². The molecule has 5 rings (SSSR count). The summed E-state index contributed by atoms with van der Waals surface area (Å²) in [6, 6.07) is 13.2. The summed E-state index contributed by atoms with van der Waals surface area (Å²) in [5.41, 5.74) is 1.35. The van der Waals surface area contributed by atoms with E-state index in [9.17, 15) is 14.7 Å². The van der Waals surface area contributed by atoms with Gasteiger partial charge in [-0.1, -0.05) is 39.3 Å². The van der Waals surface area contributed by atoms with Crippen molar-refractivity contribution < 1.29 is 29.0 Å². The summed E-state index contributed by atoms with van der Waals surface area (Å²) in [6.45, 7) is 16.6. The number of aliphatic hydroxyl groups excluding tert-OH is 1. The SMILES string of the molecule is C=CCN(C(=O)C1N([C@@H](CO)[C@@H](C)CC)C(=O)[C@@H]2[C@@H](C(=O)N(CC=C)c3ccc(OCC)cc3)[C@H]3CC(C)C12S3)c1ccc(OC)cc1. The summed E-state index contributed by atoms with van der Waals surface area (Å²) >= 11 is 1.63. The minimum absolute atomic E-state index is 0.0273. The zero-order valence-electron chi connectivity index (χ0n) is 28.7. The van der Waals surface area contributed by atoms with Gasteiger partial charge in [-0.15, -0.1) is 24.9 Å². The molecule has 258 valence electrons. The molecule has 2 aromatic carbocycles. The molecule has 0 aliphatic carbocycles. The van der Waals surface area contributed by atoms with Gasteiger partial charge in [0.2, 0.25) is 11.8 Å². The van der Waals surface area contributed by atoms with Crippen LogP contribution in [0.3, 0.4) is 0 Å². The number of fused-ring (bicyclic) bond motifs is 1. The number of ether oxygens (including phenoxy) is 2. The van der Waals surface area contributed by atoms with Crippen LogP contribution in [-0.4, -0.2) is 83.2 Å². The molecule has 3 aliphatic rings. The summed E-state index contributed by atoms with van der Waals surface area (Å²) in [5.74, 6) is -0.728. The molecule has 9 nitrogen and oxygen atoms in total. The molecule has 1 spiro atoms. The maximum absolute atomic E-state index is 15.1. The van der Waals surface area contributed by atoms with Gasteiger partial charge in [-0.05, 0) is 73.7 Å². The maximum Gasteiger partial charge on any atom is 0.251 e. The summed E-state index contributed by atoms with van der Waals surface area (Å²) < 4.78 is 10.1. The van der Waals surface area contributed by atoms with Crippen LogP contribution in [-0.2, 0) is 14.4 Å². The number of methoxy groups -OCH3 is 1. The number of aliphatic hydroxyl groups is 1. The fourth-order valence-electron chi connectivity index (χ4n) is 8.07. The number of hydrogen-bond donors (Lipinski definition) is 1. The number of carbonyl (C=O) groups is 3. The maximum atomic E-state index is 15.1. The van der Waals surface area contributed by atoms with E-state index in [1.807, 2.05) is 57.2 Å². The molecule has 3 fully saturated rings. The Bertz CT molecular complexity index is 1500. The third kappa shape index (κ3) is 5.91. The molecule has 8 atom stereocenters. The number of benzene rings is 2. The van der Waals surface area contributed by atoms with Crippen LogP contribution in [0.4, 0.5) is 11.4 Å². The van der Waals surface area contributed by atoms with Gasteiger partial charge in [0.05, 0.1) is 42.9 Å². The molecule has 0 saturated carbocycles. The van der Waals surface area contributed by atoms with E-state index in [1.165, 1.54) is 0 Å². The van der Waals surface area contributed by atoms with Crippen LogP contribution in [0.15, 0.2) is 73.8 Å². The summed E-state index contributed by atoms with van der Waals surface area (Å²) in [7, 11) is 1.59. The molecular weight excluding hydrogens is 627 g/mol. The van der Waals surface area contributed by atoms with Crippen LogP contribution in [0.1, 0.15) is 40.5 Å². The van der Waals surface area contributed by atoms with Crippen molar-refractivity contribution in [2.45, 2.75) is 62.6 Å². The number of amides is 3. The first-order valence-electron chi connectivity index (χ1n) is 17.0. The van der Waals surface area contributed by atoms with E-state index in [1.54, 1.807) is 57.9 Å². The van der Waals surface area contributed by atoms with Crippen molar-refractivity contribution in [3.05, 3.63) is 73.8 Å². The first-order chi connectivity index (χ1) is 23.1. The lowest BCUT2D eigenvalue weighted by Crippen LogP contribution is -2.60. The van der Waals surface area contributed by atoms with Gasteiger partial charge in [-0.25, -0.2) is 0 Å². The third-order valence-electron chi connectivity index (χ3n) is 10.5. The second-order valence-electron chi connectivity index (χ2n) is 13.0. The molecule has 0 radical (unpaired) electrons. The van der Waals surface area contributed by atoms with Crippen LogP contribution in [0, 0.1) is 23.7 Å². The van der Waals surface area contributed by atoms with E-state index in [0.717, 1.165) is 0 Å². The molecule has 0 aromatic heterocycles. The monoisotopic (exact) mass is 675 g/mol. The van der Waals surface area contributed by atoms with Crippen LogP contribution < -0.4 is 19.3 Å². The van der Waals surface area contributed by atoms with Crippen molar-refractivity contribution in [3.63, 3.8) is 0 Å². The van der Waals surface area contributed by atoms with Crippen LogP contribution in [0.25, 0.3) is 0 Å². The van der Waals surface area contributed by atoms with Crippen LogP contribution >= 0.6 is 11.8 Å². The Hall–Kier alpha value is -3.76. The van der Waals surface area contributed by atoms with E-state index < -0.39 is 28.7 Å². The van der Waals surface area contributed by atoms with Gasteiger partial charge in [0.25, 0.3) is 5.91 Å². The fourth-order valence-corrected chi connectivity index (χ4v) is 10.5. The highest BCUT2D eigenvalue weighted by Crippen LogP contribution is 2.69. The Morgan fingerprint density at radius 1 is 1.02 bits per heavy atom. The van der Waals surface area contributed by atoms with Gasteiger partial charge < -0.3 is 29.3 Å². The number of anilines is 2. The average molecular weight is 676 g/mol. The standard InChI is InChI=1S/C38H49N3O6S/c1-8-20-39(26-14-18-29(19-15-26)47-11-4)35(43)32-31-22-25(6)38(48-31)33(32)36(44)41(30(23-42)24(5)10-3)34(38)37(45)40(21-9-2)27-12-16-28(46-7)17-13-27/h8-9,12-19,24-25,30-34,42H,1-2,10-11,20-23H2,3-7H3/t24-,25?,30-,31+,32-,33-,34?,38?/m0/s1. The summed E-state index contributed by atoms with van der Waals surface area (Å²) in [6.07, 6.45) is 4.77. The Morgan fingerprint density at radius 3 is 2.08 bits per heavy atom. The zero-order chi connectivity index (χ0) is 34.7. The lowest BCUT2D eigenvalue weighted by molar-refractivity contribution is -0.143. The predicted molar refractivity (Wildman–Crippen MR) is 192 cm³/mol. The first-order valence-corrected chi connectivity index (χ1v) is 17.8. The molecule has 10 heteroatoms. The molecule has 3 saturated heterocycles. The molecule has 3 amide bonds. The third-order valence-corrected chi connectivity index (χ3v) is 12.6. The zero-order valence-corrected chi connectivity index (χ0v) is 29.5. The number of likely N-dealkylation sites (tertiary alicyclic amines) is 1. The minimum Gasteiger partial charge on any atom is -0.497 e. The number of thioether (sulfide) groups is 1. The first kappa shape index (κ1) is 35.5. The molecule has 2 bridgehead atoms.